The number of hydrogen-bond acceptors (Lipinski definition) is 4. The Morgan fingerprint density at radius 3 is 2.27 bits per heavy atom. The van der Waals surface area contributed by atoms with Crippen molar-refractivity contribution in [1.29, 1.82) is 0 Å². The first kappa shape index (κ1) is 30.3. The van der Waals surface area contributed by atoms with Crippen molar-refractivity contribution < 1.29 is 32.6 Å². The van der Waals surface area contributed by atoms with Crippen LogP contribution in [0.25, 0.3) is 10.8 Å². The van der Waals surface area contributed by atoms with Gasteiger partial charge in [0.1, 0.15) is 18.4 Å². The number of nitrogens with one attached hydrogen (secondary N) is 1. The summed E-state index contributed by atoms with van der Waals surface area (Å²) in [4.78, 5) is 25.9. The highest BCUT2D eigenvalue weighted by Crippen LogP contribution is 2.35. The summed E-state index contributed by atoms with van der Waals surface area (Å²) in [6.45, 7) is 3.36. The number of carbonyl (C=O) groups excluding carboxylic acids is 1. The third-order valence-corrected chi connectivity index (χ3v) is 8.37. The monoisotopic (exact) mass is 601 g/mol. The summed E-state index contributed by atoms with van der Waals surface area (Å²) >= 11 is 7.61. The van der Waals surface area contributed by atoms with Crippen molar-refractivity contribution in [1.82, 2.24) is 5.32 Å². The molecule has 0 aliphatic rings. The molecule has 4 aromatic carbocycles. The Balaban J connectivity index is 1.58. The number of ether oxygens (including phenoxy) is 1. The molecule has 0 heterocycles. The molecule has 5 nitrogen and oxygen atoms in total. The fraction of sp³-hybridized carbons (Fsp3) is 0.226. The van der Waals surface area contributed by atoms with E-state index in [2.05, 4.69) is 5.32 Å². The van der Waals surface area contributed by atoms with Gasteiger partial charge in [0.2, 0.25) is 0 Å². The molecule has 4 aromatic rings. The van der Waals surface area contributed by atoms with Crippen molar-refractivity contribution in [2.24, 2.45) is 0 Å². The summed E-state index contributed by atoms with van der Waals surface area (Å²) < 4.78 is 44.0. The third-order valence-electron chi connectivity index (χ3n) is 6.56. The maximum atomic E-state index is 13.6. The van der Waals surface area contributed by atoms with Gasteiger partial charge < -0.3 is 15.2 Å². The normalized spacial score (nSPS) is 12.6. The second kappa shape index (κ2) is 12.4. The Bertz CT molecular complexity index is 1560. The minimum Gasteiger partial charge on any atom is -0.487 e. The van der Waals surface area contributed by atoms with Crippen molar-refractivity contribution in [2.75, 3.05) is 0 Å². The van der Waals surface area contributed by atoms with Crippen LogP contribution in [-0.4, -0.2) is 27.8 Å². The molecule has 0 bridgehead atoms. The molecule has 0 radical (unpaired) electrons. The fourth-order valence-electron chi connectivity index (χ4n) is 4.23. The molecule has 0 saturated heterocycles. The highest BCUT2D eigenvalue weighted by Gasteiger charge is 2.38. The topological polar surface area (TPSA) is 75.6 Å². The average molecular weight is 602 g/mol. The number of carboxylic acids is 1. The van der Waals surface area contributed by atoms with Gasteiger partial charge >= 0.3 is 12.1 Å². The van der Waals surface area contributed by atoms with Crippen molar-refractivity contribution in [2.45, 2.75) is 43.2 Å². The van der Waals surface area contributed by atoms with E-state index in [0.717, 1.165) is 23.1 Å². The third kappa shape index (κ3) is 7.34. The van der Waals surface area contributed by atoms with Crippen LogP contribution in [0, 0.1) is 0 Å². The molecule has 41 heavy (non-hydrogen) atoms. The number of rotatable bonds is 10. The number of carboxylic acid groups (broad SMARTS) is 1. The van der Waals surface area contributed by atoms with Gasteiger partial charge in [-0.1, -0.05) is 72.3 Å². The summed E-state index contributed by atoms with van der Waals surface area (Å²) in [5.41, 5.74) is 0.643. The van der Waals surface area contributed by atoms with Crippen LogP contribution in [0.15, 0.2) is 84.9 Å². The first-order chi connectivity index (χ1) is 19.4. The number of alkyl halides is 3. The molecule has 0 aliphatic heterocycles. The molecular formula is C31H27ClF3NO4S. The first-order valence-corrected chi connectivity index (χ1v) is 13.9. The highest BCUT2D eigenvalue weighted by molar-refractivity contribution is 7.99. The van der Waals surface area contributed by atoms with Gasteiger partial charge in [-0.2, -0.15) is 13.2 Å². The number of hydrogen-bond donors (Lipinski definition) is 2. The molecule has 2 N–H and O–H groups in total. The van der Waals surface area contributed by atoms with Crippen molar-refractivity contribution in [3.05, 3.63) is 112 Å². The largest absolute Gasteiger partial charge is 0.487 e. The van der Waals surface area contributed by atoms with Gasteiger partial charge in [0.25, 0.3) is 5.91 Å². The lowest BCUT2D eigenvalue weighted by atomic mass is 10.0. The molecule has 214 valence electrons. The molecular weight excluding hydrogens is 575 g/mol. The molecule has 0 aliphatic carbocycles. The number of carbonyl (C=O) groups is 2. The van der Waals surface area contributed by atoms with Crippen molar-refractivity contribution in [3.63, 3.8) is 0 Å². The van der Waals surface area contributed by atoms with E-state index in [1.807, 2.05) is 30.3 Å². The molecule has 4 rings (SSSR count). The average Bonchev–Trinajstić information content (AvgIpc) is 2.93. The van der Waals surface area contributed by atoms with Crippen LogP contribution >= 0.6 is 23.4 Å². The Kier molecular flexibility index (Phi) is 9.19. The van der Waals surface area contributed by atoms with E-state index in [0.29, 0.717) is 21.7 Å². The molecule has 0 saturated carbocycles. The van der Waals surface area contributed by atoms with Crippen molar-refractivity contribution >= 4 is 46.0 Å². The summed E-state index contributed by atoms with van der Waals surface area (Å²) in [5, 5.41) is 14.7. The van der Waals surface area contributed by atoms with Crippen LogP contribution < -0.4 is 10.1 Å². The van der Waals surface area contributed by atoms with E-state index in [4.69, 9.17) is 16.3 Å². The van der Waals surface area contributed by atoms with Gasteiger partial charge in [-0.15, -0.1) is 11.8 Å². The second-order valence-corrected chi connectivity index (χ2v) is 11.9. The summed E-state index contributed by atoms with van der Waals surface area (Å²) in [6, 6.07) is 21.0. The molecule has 1 amide bonds. The minimum absolute atomic E-state index is 0.103. The SMILES string of the molecule is CC(C)(SCc1ccccc1Cl)[C@H](NC(=O)c1ccc2ccccc2c1OCc1ccc(C(F)(F)F)cc1)C(=O)O. The Hall–Kier alpha value is -3.69. The number of thioether (sulfide) groups is 1. The number of fused-ring (bicyclic) bond motifs is 1. The van der Waals surface area contributed by atoms with E-state index in [1.165, 1.54) is 23.9 Å². The van der Waals surface area contributed by atoms with Gasteiger partial charge in [0, 0.05) is 20.9 Å². The lowest BCUT2D eigenvalue weighted by Crippen LogP contribution is -2.52. The molecule has 1 atom stereocenters. The molecule has 10 heteroatoms. The van der Waals surface area contributed by atoms with Gasteiger partial charge in [-0.25, -0.2) is 4.79 Å². The maximum absolute atomic E-state index is 13.6. The first-order valence-electron chi connectivity index (χ1n) is 12.6. The van der Waals surface area contributed by atoms with Gasteiger partial charge in [-0.3, -0.25) is 4.79 Å². The minimum atomic E-state index is -4.46. The number of amides is 1. The Morgan fingerprint density at radius 1 is 0.951 bits per heavy atom. The molecule has 0 aromatic heterocycles. The highest BCUT2D eigenvalue weighted by atomic mass is 35.5. The fourth-order valence-corrected chi connectivity index (χ4v) is 5.61. The second-order valence-electron chi connectivity index (χ2n) is 9.87. The molecule has 0 spiro atoms. The zero-order valence-corrected chi connectivity index (χ0v) is 23.7. The Labute approximate surface area is 244 Å². The summed E-state index contributed by atoms with van der Waals surface area (Å²) in [7, 11) is 0. The van der Waals surface area contributed by atoms with Crippen LogP contribution in [-0.2, 0) is 23.3 Å². The number of benzene rings is 4. The quantitative estimate of drug-likeness (QED) is 0.193. The lowest BCUT2D eigenvalue weighted by molar-refractivity contribution is -0.140. The summed E-state index contributed by atoms with van der Waals surface area (Å²) in [6.07, 6.45) is -4.46. The zero-order chi connectivity index (χ0) is 29.8. The smallest absolute Gasteiger partial charge is 0.416 e. The van der Waals surface area contributed by atoms with Gasteiger partial charge in [0.05, 0.1) is 11.1 Å². The van der Waals surface area contributed by atoms with Crippen LogP contribution in [0.2, 0.25) is 5.02 Å². The molecule has 0 unspecified atom stereocenters. The maximum Gasteiger partial charge on any atom is 0.416 e. The Morgan fingerprint density at radius 2 is 1.61 bits per heavy atom. The predicted octanol–water partition coefficient (Wildman–Crippen LogP) is 7.99. The summed E-state index contributed by atoms with van der Waals surface area (Å²) in [5.74, 6) is -1.23. The van der Waals surface area contributed by atoms with E-state index in [9.17, 15) is 27.9 Å². The van der Waals surface area contributed by atoms with Gasteiger partial charge in [-0.05, 0) is 54.6 Å². The van der Waals surface area contributed by atoms with E-state index in [1.54, 1.807) is 44.2 Å². The van der Waals surface area contributed by atoms with Crippen LogP contribution in [0.4, 0.5) is 13.2 Å². The number of halogens is 4. The predicted molar refractivity (Wildman–Crippen MR) is 155 cm³/mol. The standard InChI is InChI=1S/C31H27ClF3NO4S/c1-30(2,41-18-21-8-4-6-10-25(21)32)27(29(38)39)36-28(37)24-16-13-20-7-3-5-9-23(20)26(24)40-17-19-11-14-22(15-12-19)31(33,34)35/h3-16,27H,17-18H2,1-2H3,(H,36,37)(H,38,39)/t27-/m1/s1. The van der Waals surface area contributed by atoms with Crippen LogP contribution in [0.5, 0.6) is 5.75 Å². The zero-order valence-electron chi connectivity index (χ0n) is 22.2. The lowest BCUT2D eigenvalue weighted by Gasteiger charge is -2.32. The van der Waals surface area contributed by atoms with Crippen molar-refractivity contribution in [3.8, 4) is 5.75 Å². The number of aliphatic carboxylic acids is 1. The van der Waals surface area contributed by atoms with E-state index in [-0.39, 0.29) is 17.9 Å². The van der Waals surface area contributed by atoms with Crippen LogP contribution in [0.3, 0.4) is 0 Å². The van der Waals surface area contributed by atoms with E-state index >= 15 is 0 Å². The van der Waals surface area contributed by atoms with Gasteiger partial charge in [0.15, 0.2) is 0 Å². The van der Waals surface area contributed by atoms with E-state index < -0.39 is 34.4 Å². The molecule has 0 fully saturated rings. The van der Waals surface area contributed by atoms with Crippen LogP contribution in [0.1, 0.15) is 40.9 Å².